The fraction of sp³-hybridized carbons (Fsp3) is 0.333. The summed E-state index contributed by atoms with van der Waals surface area (Å²) in [6, 6.07) is 8.18. The lowest BCUT2D eigenvalue weighted by Gasteiger charge is -2.12. The van der Waals surface area contributed by atoms with Gasteiger partial charge in [-0.1, -0.05) is 30.3 Å². The van der Waals surface area contributed by atoms with Crippen molar-refractivity contribution in [3.05, 3.63) is 41.7 Å². The Balaban J connectivity index is 1.99. The quantitative estimate of drug-likeness (QED) is 0.632. The second-order valence-electron chi connectivity index (χ2n) is 4.54. The Labute approximate surface area is 120 Å². The van der Waals surface area contributed by atoms with Gasteiger partial charge in [-0.25, -0.2) is 9.07 Å². The lowest BCUT2D eigenvalue weighted by Crippen LogP contribution is -2.25. The van der Waals surface area contributed by atoms with E-state index in [9.17, 15) is 22.1 Å². The number of hydrogen-bond donors (Lipinski definition) is 0. The molecule has 0 spiro atoms. The standard InChI is InChI=1S/C12H9F4N3OS/c13-8-6-9(7-4-2-1-3-5-7)19-10(8)17-11(18-19)21(20)12(14,15)16/h1-5,8-9H,6H2/t8-,9-,21+/m0/s1. The Morgan fingerprint density at radius 3 is 2.52 bits per heavy atom. The van der Waals surface area contributed by atoms with E-state index in [-0.39, 0.29) is 12.2 Å². The molecule has 0 aliphatic carbocycles. The predicted octanol–water partition coefficient (Wildman–Crippen LogP) is 2.91. The van der Waals surface area contributed by atoms with Crippen LogP contribution < -0.4 is 0 Å². The van der Waals surface area contributed by atoms with Crippen molar-refractivity contribution in [3.63, 3.8) is 0 Å². The van der Waals surface area contributed by atoms with Crippen LogP contribution in [0.2, 0.25) is 0 Å². The van der Waals surface area contributed by atoms with Crippen LogP contribution in [0, 0.1) is 0 Å². The molecule has 112 valence electrons. The van der Waals surface area contributed by atoms with Crippen molar-refractivity contribution in [2.75, 3.05) is 0 Å². The van der Waals surface area contributed by atoms with E-state index in [1.807, 2.05) is 0 Å². The van der Waals surface area contributed by atoms with Gasteiger partial charge in [0.15, 0.2) is 12.0 Å². The number of aromatic nitrogens is 3. The van der Waals surface area contributed by atoms with Crippen LogP contribution in [0.1, 0.15) is 30.0 Å². The van der Waals surface area contributed by atoms with Crippen molar-refractivity contribution in [3.8, 4) is 0 Å². The number of benzene rings is 1. The predicted molar refractivity (Wildman–Crippen MR) is 65.5 cm³/mol. The van der Waals surface area contributed by atoms with Gasteiger partial charge in [0.25, 0.3) is 0 Å². The fourth-order valence-electron chi connectivity index (χ4n) is 2.29. The molecule has 0 saturated heterocycles. The first-order chi connectivity index (χ1) is 9.88. The minimum Gasteiger partial charge on any atom is -0.602 e. The highest BCUT2D eigenvalue weighted by Crippen LogP contribution is 2.40. The highest BCUT2D eigenvalue weighted by molar-refractivity contribution is 7.92. The van der Waals surface area contributed by atoms with Crippen LogP contribution in [0.3, 0.4) is 0 Å². The Hall–Kier alpha value is -1.61. The van der Waals surface area contributed by atoms with Gasteiger partial charge in [-0.05, 0) is 5.56 Å². The van der Waals surface area contributed by atoms with Crippen molar-refractivity contribution in [2.45, 2.75) is 29.3 Å². The molecule has 1 aromatic carbocycles. The first-order valence-corrected chi connectivity index (χ1v) is 7.17. The molecule has 1 aromatic heterocycles. The van der Waals surface area contributed by atoms with Crippen molar-refractivity contribution in [1.29, 1.82) is 0 Å². The average molecular weight is 319 g/mol. The zero-order valence-electron chi connectivity index (χ0n) is 10.4. The summed E-state index contributed by atoms with van der Waals surface area (Å²) in [6.07, 6.45) is -1.47. The SMILES string of the molecule is [O-][S@+](c1nc2n(n1)[C@H](c1ccccc1)C[C@@H]2F)C(F)(F)F. The van der Waals surface area contributed by atoms with E-state index in [1.165, 1.54) is 0 Å². The summed E-state index contributed by atoms with van der Waals surface area (Å²) in [7, 11) is 0. The van der Waals surface area contributed by atoms with Gasteiger partial charge in [0.05, 0.1) is 6.04 Å². The molecule has 0 saturated carbocycles. The highest BCUT2D eigenvalue weighted by atomic mass is 32.2. The summed E-state index contributed by atoms with van der Waals surface area (Å²) >= 11 is -3.35. The van der Waals surface area contributed by atoms with Gasteiger partial charge < -0.3 is 4.55 Å². The third kappa shape index (κ3) is 2.51. The summed E-state index contributed by atoms with van der Waals surface area (Å²) in [5.41, 5.74) is -4.25. The molecule has 9 heteroatoms. The van der Waals surface area contributed by atoms with E-state index < -0.39 is 34.1 Å². The summed E-state index contributed by atoms with van der Waals surface area (Å²) in [5.74, 6) is -0.212. The molecule has 0 unspecified atom stereocenters. The first-order valence-electron chi connectivity index (χ1n) is 6.02. The van der Waals surface area contributed by atoms with Crippen LogP contribution >= 0.6 is 0 Å². The molecule has 0 fully saturated rings. The summed E-state index contributed by atoms with van der Waals surface area (Å²) in [6.45, 7) is 0. The maximum absolute atomic E-state index is 13.9. The normalized spacial score (nSPS) is 23.1. The number of halogens is 4. The van der Waals surface area contributed by atoms with E-state index in [4.69, 9.17) is 0 Å². The van der Waals surface area contributed by atoms with Gasteiger partial charge in [-0.3, -0.25) is 0 Å². The van der Waals surface area contributed by atoms with Gasteiger partial charge in [-0.15, -0.1) is 18.3 Å². The molecule has 1 aliphatic heterocycles. The largest absolute Gasteiger partial charge is 0.602 e. The van der Waals surface area contributed by atoms with Crippen molar-refractivity contribution < 1.29 is 22.1 Å². The van der Waals surface area contributed by atoms with Gasteiger partial charge in [0, 0.05) is 6.42 Å². The van der Waals surface area contributed by atoms with Crippen LogP contribution in [0.5, 0.6) is 0 Å². The van der Waals surface area contributed by atoms with Gasteiger partial charge >= 0.3 is 10.7 Å². The van der Waals surface area contributed by atoms with Crippen LogP contribution in [-0.4, -0.2) is 24.8 Å². The monoisotopic (exact) mass is 319 g/mol. The molecular formula is C12H9F4N3OS. The summed E-state index contributed by atoms with van der Waals surface area (Å²) < 4.78 is 63.6. The van der Waals surface area contributed by atoms with Crippen molar-refractivity contribution in [1.82, 2.24) is 14.8 Å². The molecular weight excluding hydrogens is 310 g/mol. The maximum atomic E-state index is 13.9. The fourth-order valence-corrected chi connectivity index (χ4v) is 2.84. The number of nitrogens with zero attached hydrogens (tertiary/aromatic N) is 3. The van der Waals surface area contributed by atoms with Gasteiger partial charge in [0.2, 0.25) is 0 Å². The van der Waals surface area contributed by atoms with Crippen molar-refractivity contribution in [2.24, 2.45) is 0 Å². The van der Waals surface area contributed by atoms with E-state index in [0.29, 0.717) is 5.56 Å². The second kappa shape index (κ2) is 4.99. The average Bonchev–Trinajstić information content (AvgIpc) is 2.99. The Kier molecular flexibility index (Phi) is 3.40. The first kappa shape index (κ1) is 14.3. The van der Waals surface area contributed by atoms with E-state index >= 15 is 0 Å². The summed E-state index contributed by atoms with van der Waals surface area (Å²) in [5, 5.41) is 2.71. The minimum absolute atomic E-state index is 0.0538. The summed E-state index contributed by atoms with van der Waals surface area (Å²) in [4.78, 5) is 3.47. The molecule has 3 rings (SSSR count). The topological polar surface area (TPSA) is 53.8 Å². The molecule has 0 amide bonds. The van der Waals surface area contributed by atoms with Crippen LogP contribution in [0.4, 0.5) is 17.6 Å². The second-order valence-corrected chi connectivity index (χ2v) is 5.91. The zero-order chi connectivity index (χ0) is 15.2. The Bertz CT molecular complexity index is 646. The maximum Gasteiger partial charge on any atom is 0.581 e. The van der Waals surface area contributed by atoms with Gasteiger partial charge in [0.1, 0.15) is 11.2 Å². The van der Waals surface area contributed by atoms with Gasteiger partial charge in [-0.2, -0.15) is 4.98 Å². The van der Waals surface area contributed by atoms with E-state index in [2.05, 4.69) is 10.1 Å². The minimum atomic E-state index is -4.96. The van der Waals surface area contributed by atoms with E-state index in [1.54, 1.807) is 30.3 Å². The lowest BCUT2D eigenvalue weighted by atomic mass is 10.0. The molecule has 0 bridgehead atoms. The molecule has 0 N–H and O–H groups in total. The zero-order valence-corrected chi connectivity index (χ0v) is 11.2. The molecule has 2 heterocycles. The van der Waals surface area contributed by atoms with Crippen LogP contribution in [0.15, 0.2) is 35.5 Å². The van der Waals surface area contributed by atoms with Crippen LogP contribution in [0.25, 0.3) is 0 Å². The number of rotatable bonds is 2. The molecule has 21 heavy (non-hydrogen) atoms. The third-order valence-electron chi connectivity index (χ3n) is 3.20. The number of hydrogen-bond acceptors (Lipinski definition) is 3. The molecule has 0 radical (unpaired) electrons. The molecule has 4 nitrogen and oxygen atoms in total. The highest BCUT2D eigenvalue weighted by Gasteiger charge is 2.50. The Morgan fingerprint density at radius 1 is 1.24 bits per heavy atom. The smallest absolute Gasteiger partial charge is 0.581 e. The number of alkyl halides is 4. The Morgan fingerprint density at radius 2 is 1.90 bits per heavy atom. The lowest BCUT2D eigenvalue weighted by molar-refractivity contribution is -0.0440. The third-order valence-corrected chi connectivity index (χ3v) is 4.13. The van der Waals surface area contributed by atoms with E-state index in [0.717, 1.165) is 4.68 Å². The molecule has 2 aromatic rings. The molecule has 1 aliphatic rings. The number of fused-ring (bicyclic) bond motifs is 1. The molecule has 3 atom stereocenters. The van der Waals surface area contributed by atoms with Crippen LogP contribution in [-0.2, 0) is 11.2 Å². The van der Waals surface area contributed by atoms with Crippen molar-refractivity contribution >= 4 is 11.2 Å².